The fourth-order valence-corrected chi connectivity index (χ4v) is 3.87. The van der Waals surface area contributed by atoms with E-state index in [0.717, 1.165) is 27.8 Å². The lowest BCUT2D eigenvalue weighted by molar-refractivity contribution is 0.477. The second-order valence-corrected chi connectivity index (χ2v) is 7.49. The lowest BCUT2D eigenvalue weighted by Gasteiger charge is -2.18. The van der Waals surface area contributed by atoms with Gasteiger partial charge in [-0.15, -0.1) is 0 Å². The Balaban J connectivity index is 2.05. The van der Waals surface area contributed by atoms with Gasteiger partial charge in [0, 0.05) is 11.1 Å². The molecular weight excluding hydrogens is 340 g/mol. The van der Waals surface area contributed by atoms with Gasteiger partial charge in [0.25, 0.3) is 0 Å². The molecule has 0 aliphatic rings. The Hall–Kier alpha value is -3.32. The van der Waals surface area contributed by atoms with E-state index in [1.54, 1.807) is 6.07 Å². The van der Waals surface area contributed by atoms with Crippen molar-refractivity contribution in [2.24, 2.45) is 0 Å². The Morgan fingerprint density at radius 1 is 0.500 bits per heavy atom. The van der Waals surface area contributed by atoms with Crippen molar-refractivity contribution >= 4 is 0 Å². The summed E-state index contributed by atoms with van der Waals surface area (Å²) < 4.78 is 0. The van der Waals surface area contributed by atoms with E-state index in [1.807, 2.05) is 18.2 Å². The minimum absolute atomic E-state index is 0.299. The van der Waals surface area contributed by atoms with Crippen molar-refractivity contribution in [1.82, 2.24) is 0 Å². The quantitative estimate of drug-likeness (QED) is 0.404. The number of rotatable bonds is 3. The van der Waals surface area contributed by atoms with Crippen LogP contribution >= 0.6 is 0 Å². The molecule has 28 heavy (non-hydrogen) atoms. The van der Waals surface area contributed by atoms with Crippen molar-refractivity contribution in [1.29, 1.82) is 0 Å². The SMILES string of the molecule is Cc1ccc(-c2cccc(-c3cc(C)cc(C)c3)c2-c2ccccc2O)cc1. The van der Waals surface area contributed by atoms with Crippen LogP contribution in [0.5, 0.6) is 5.75 Å². The molecule has 0 spiro atoms. The van der Waals surface area contributed by atoms with Gasteiger partial charge in [-0.05, 0) is 49.1 Å². The highest BCUT2D eigenvalue weighted by Crippen LogP contribution is 2.43. The molecular formula is C27H24O. The Labute approximate surface area is 166 Å². The molecule has 1 heteroatoms. The number of hydrogen-bond acceptors (Lipinski definition) is 1. The highest BCUT2D eigenvalue weighted by Gasteiger charge is 2.16. The average Bonchev–Trinajstić information content (AvgIpc) is 2.68. The van der Waals surface area contributed by atoms with Crippen LogP contribution in [0.4, 0.5) is 0 Å². The van der Waals surface area contributed by atoms with Crippen LogP contribution in [0.1, 0.15) is 16.7 Å². The number of benzene rings is 4. The van der Waals surface area contributed by atoms with Gasteiger partial charge in [0.2, 0.25) is 0 Å². The summed E-state index contributed by atoms with van der Waals surface area (Å²) in [5, 5.41) is 10.7. The molecule has 138 valence electrons. The van der Waals surface area contributed by atoms with Gasteiger partial charge in [-0.2, -0.15) is 0 Å². The van der Waals surface area contributed by atoms with Crippen molar-refractivity contribution in [2.45, 2.75) is 20.8 Å². The number of hydrogen-bond donors (Lipinski definition) is 1. The lowest BCUT2D eigenvalue weighted by Crippen LogP contribution is -1.92. The van der Waals surface area contributed by atoms with Crippen molar-refractivity contribution in [3.8, 4) is 39.1 Å². The second kappa shape index (κ2) is 7.36. The van der Waals surface area contributed by atoms with Crippen LogP contribution in [0.2, 0.25) is 0 Å². The molecule has 0 saturated carbocycles. The first-order valence-electron chi connectivity index (χ1n) is 9.60. The highest BCUT2D eigenvalue weighted by molar-refractivity contribution is 5.96. The molecule has 0 radical (unpaired) electrons. The van der Waals surface area contributed by atoms with Gasteiger partial charge < -0.3 is 5.11 Å². The number of phenolic OH excluding ortho intramolecular Hbond substituents is 1. The second-order valence-electron chi connectivity index (χ2n) is 7.49. The van der Waals surface area contributed by atoms with Gasteiger partial charge in [-0.25, -0.2) is 0 Å². The van der Waals surface area contributed by atoms with Gasteiger partial charge in [0.05, 0.1) is 0 Å². The number of aromatic hydroxyl groups is 1. The first kappa shape index (κ1) is 18.1. The van der Waals surface area contributed by atoms with Crippen LogP contribution in [-0.2, 0) is 0 Å². The van der Waals surface area contributed by atoms with E-state index in [4.69, 9.17) is 0 Å². The van der Waals surface area contributed by atoms with Crippen LogP contribution < -0.4 is 0 Å². The monoisotopic (exact) mass is 364 g/mol. The fourth-order valence-electron chi connectivity index (χ4n) is 3.87. The third kappa shape index (κ3) is 3.44. The lowest BCUT2D eigenvalue weighted by atomic mass is 9.86. The fraction of sp³-hybridized carbons (Fsp3) is 0.111. The third-order valence-corrected chi connectivity index (χ3v) is 5.13. The maximum atomic E-state index is 10.7. The van der Waals surface area contributed by atoms with Gasteiger partial charge >= 0.3 is 0 Å². The summed E-state index contributed by atoms with van der Waals surface area (Å²) in [4.78, 5) is 0. The average molecular weight is 364 g/mol. The minimum Gasteiger partial charge on any atom is -0.507 e. The molecule has 0 amide bonds. The smallest absolute Gasteiger partial charge is 0.123 e. The molecule has 0 aromatic heterocycles. The molecule has 0 unspecified atom stereocenters. The Kier molecular flexibility index (Phi) is 4.75. The molecule has 0 bridgehead atoms. The molecule has 0 atom stereocenters. The summed E-state index contributed by atoms with van der Waals surface area (Å²) in [6.45, 7) is 6.35. The molecule has 0 saturated heterocycles. The van der Waals surface area contributed by atoms with Crippen LogP contribution in [-0.4, -0.2) is 5.11 Å². The molecule has 1 nitrogen and oxygen atoms in total. The summed E-state index contributed by atoms with van der Waals surface area (Å²) in [5.41, 5.74) is 10.2. The van der Waals surface area contributed by atoms with E-state index in [9.17, 15) is 5.11 Å². The molecule has 0 heterocycles. The van der Waals surface area contributed by atoms with Crippen LogP contribution in [0.3, 0.4) is 0 Å². The molecule has 1 N–H and O–H groups in total. The van der Waals surface area contributed by atoms with E-state index in [2.05, 4.69) is 81.4 Å². The normalized spacial score (nSPS) is 10.8. The van der Waals surface area contributed by atoms with Gasteiger partial charge in [0.1, 0.15) is 5.75 Å². The standard InChI is InChI=1S/C27H24O/c1-18-11-13-21(14-12-18)23-8-6-9-24(22-16-19(2)15-20(3)17-22)27(23)25-7-4-5-10-26(25)28/h4-17,28H,1-3H3. The van der Waals surface area contributed by atoms with Gasteiger partial charge in [0.15, 0.2) is 0 Å². The zero-order valence-electron chi connectivity index (χ0n) is 16.5. The van der Waals surface area contributed by atoms with E-state index >= 15 is 0 Å². The first-order valence-corrected chi connectivity index (χ1v) is 9.60. The molecule has 4 aromatic rings. The molecule has 4 rings (SSSR count). The first-order chi connectivity index (χ1) is 13.5. The predicted molar refractivity (Wildman–Crippen MR) is 119 cm³/mol. The summed E-state index contributed by atoms with van der Waals surface area (Å²) in [7, 11) is 0. The number of para-hydroxylation sites is 1. The zero-order valence-corrected chi connectivity index (χ0v) is 16.5. The number of aryl methyl sites for hydroxylation is 3. The Morgan fingerprint density at radius 3 is 1.71 bits per heavy atom. The van der Waals surface area contributed by atoms with Crippen molar-refractivity contribution in [3.05, 3.63) is 102 Å². The Bertz CT molecular complexity index is 1120. The van der Waals surface area contributed by atoms with Crippen molar-refractivity contribution < 1.29 is 5.11 Å². The number of phenols is 1. The van der Waals surface area contributed by atoms with E-state index in [0.29, 0.717) is 5.75 Å². The highest BCUT2D eigenvalue weighted by atomic mass is 16.3. The summed E-state index contributed by atoms with van der Waals surface area (Å²) >= 11 is 0. The van der Waals surface area contributed by atoms with E-state index < -0.39 is 0 Å². The molecule has 0 aliphatic heterocycles. The van der Waals surface area contributed by atoms with E-state index in [-0.39, 0.29) is 0 Å². The Morgan fingerprint density at radius 2 is 1.07 bits per heavy atom. The van der Waals surface area contributed by atoms with Crippen LogP contribution in [0.25, 0.3) is 33.4 Å². The largest absolute Gasteiger partial charge is 0.507 e. The summed E-state index contributed by atoms with van der Waals surface area (Å²) in [6.07, 6.45) is 0. The van der Waals surface area contributed by atoms with Crippen LogP contribution in [0, 0.1) is 20.8 Å². The molecule has 0 aliphatic carbocycles. The molecule has 0 fully saturated rings. The van der Waals surface area contributed by atoms with E-state index in [1.165, 1.54) is 22.3 Å². The topological polar surface area (TPSA) is 20.2 Å². The molecule has 4 aromatic carbocycles. The zero-order chi connectivity index (χ0) is 19.7. The van der Waals surface area contributed by atoms with Crippen LogP contribution in [0.15, 0.2) is 84.9 Å². The van der Waals surface area contributed by atoms with Gasteiger partial charge in [-0.3, -0.25) is 0 Å². The van der Waals surface area contributed by atoms with Gasteiger partial charge in [-0.1, -0.05) is 95.6 Å². The predicted octanol–water partition coefficient (Wildman–Crippen LogP) is 7.32. The summed E-state index contributed by atoms with van der Waals surface area (Å²) in [6, 6.07) is 29.2. The maximum Gasteiger partial charge on any atom is 0.123 e. The minimum atomic E-state index is 0.299. The summed E-state index contributed by atoms with van der Waals surface area (Å²) in [5.74, 6) is 0.299. The van der Waals surface area contributed by atoms with Crippen molar-refractivity contribution in [2.75, 3.05) is 0 Å². The van der Waals surface area contributed by atoms with Crippen molar-refractivity contribution in [3.63, 3.8) is 0 Å². The third-order valence-electron chi connectivity index (χ3n) is 5.13. The maximum absolute atomic E-state index is 10.7.